The number of carbonyl (C=O) groups is 2. The van der Waals surface area contributed by atoms with Gasteiger partial charge in [0.15, 0.2) is 17.5 Å². The molecule has 0 spiro atoms. The fourth-order valence-electron chi connectivity index (χ4n) is 2.65. The van der Waals surface area contributed by atoms with Crippen LogP contribution in [0.25, 0.3) is 0 Å². The summed E-state index contributed by atoms with van der Waals surface area (Å²) in [6.45, 7) is 3.33. The Kier molecular flexibility index (Phi) is 6.19. The molecule has 1 saturated heterocycles. The number of amides is 2. The van der Waals surface area contributed by atoms with Gasteiger partial charge in [0.1, 0.15) is 0 Å². The largest absolute Gasteiger partial charge is 0.333 e. The van der Waals surface area contributed by atoms with E-state index in [-0.39, 0.29) is 18.4 Å². The van der Waals surface area contributed by atoms with Gasteiger partial charge >= 0.3 is 0 Å². The lowest BCUT2D eigenvalue weighted by Crippen LogP contribution is -2.42. The van der Waals surface area contributed by atoms with Gasteiger partial charge < -0.3 is 15.5 Å². The first-order chi connectivity index (χ1) is 11.4. The molecule has 2 N–H and O–H groups in total. The van der Waals surface area contributed by atoms with Gasteiger partial charge in [0.2, 0.25) is 11.8 Å². The van der Waals surface area contributed by atoms with Gasteiger partial charge in [-0.15, -0.1) is 0 Å². The summed E-state index contributed by atoms with van der Waals surface area (Å²) in [6.07, 6.45) is 1.37. The van der Waals surface area contributed by atoms with Crippen LogP contribution in [0.5, 0.6) is 0 Å². The Morgan fingerprint density at radius 2 is 2.04 bits per heavy atom. The van der Waals surface area contributed by atoms with Gasteiger partial charge in [-0.05, 0) is 31.5 Å². The van der Waals surface area contributed by atoms with E-state index in [0.717, 1.165) is 18.7 Å². The van der Waals surface area contributed by atoms with Crippen LogP contribution in [0.3, 0.4) is 0 Å². The number of benzene rings is 1. The van der Waals surface area contributed by atoms with Crippen LogP contribution in [-0.2, 0) is 9.59 Å². The molecule has 1 atom stereocenters. The fraction of sp³-hybridized carbons (Fsp3) is 0.500. The van der Waals surface area contributed by atoms with Crippen molar-refractivity contribution in [2.75, 3.05) is 31.5 Å². The van der Waals surface area contributed by atoms with Crippen LogP contribution in [0.4, 0.5) is 18.9 Å². The first-order valence-corrected chi connectivity index (χ1v) is 7.86. The molecule has 0 aromatic heterocycles. The number of hydrogen-bond donors (Lipinski definition) is 2. The quantitative estimate of drug-likeness (QED) is 0.776. The Morgan fingerprint density at radius 1 is 1.29 bits per heavy atom. The summed E-state index contributed by atoms with van der Waals surface area (Å²) in [4.78, 5) is 25.9. The molecule has 2 rings (SSSR count). The summed E-state index contributed by atoms with van der Waals surface area (Å²) in [5, 5.41) is 5.27. The van der Waals surface area contributed by atoms with E-state index in [4.69, 9.17) is 0 Å². The van der Waals surface area contributed by atoms with E-state index >= 15 is 0 Å². The van der Waals surface area contributed by atoms with Gasteiger partial charge in [-0.1, -0.05) is 6.92 Å². The van der Waals surface area contributed by atoms with E-state index in [9.17, 15) is 22.8 Å². The van der Waals surface area contributed by atoms with Crippen LogP contribution in [0.15, 0.2) is 12.1 Å². The molecule has 0 bridgehead atoms. The lowest BCUT2D eigenvalue weighted by atomic mass is 10.1. The normalized spacial score (nSPS) is 16.9. The van der Waals surface area contributed by atoms with Gasteiger partial charge in [-0.25, -0.2) is 13.2 Å². The van der Waals surface area contributed by atoms with Crippen LogP contribution in [0.2, 0.25) is 0 Å². The molecular formula is C16H20F3N3O2. The van der Waals surface area contributed by atoms with Gasteiger partial charge in [0.05, 0.1) is 18.2 Å². The number of anilines is 1. The highest BCUT2D eigenvalue weighted by Crippen LogP contribution is 2.19. The molecule has 24 heavy (non-hydrogen) atoms. The number of nitrogens with one attached hydrogen (secondary N) is 2. The third-order valence-corrected chi connectivity index (χ3v) is 3.86. The highest BCUT2D eigenvalue weighted by molar-refractivity contribution is 5.95. The Bertz CT molecular complexity index is 619. The van der Waals surface area contributed by atoms with Gasteiger partial charge in [-0.3, -0.25) is 9.59 Å². The number of carbonyl (C=O) groups excluding carboxylic acids is 2. The lowest BCUT2D eigenvalue weighted by Gasteiger charge is -2.24. The Balaban J connectivity index is 2.02. The van der Waals surface area contributed by atoms with Crippen LogP contribution in [-0.4, -0.2) is 42.9 Å². The lowest BCUT2D eigenvalue weighted by molar-refractivity contribution is -0.137. The summed E-state index contributed by atoms with van der Waals surface area (Å²) >= 11 is 0. The van der Waals surface area contributed by atoms with Crippen LogP contribution in [0, 0.1) is 23.4 Å². The molecule has 1 fully saturated rings. The summed E-state index contributed by atoms with van der Waals surface area (Å²) in [5.41, 5.74) is -0.453. The molecule has 1 aromatic rings. The maximum absolute atomic E-state index is 13.6. The van der Waals surface area contributed by atoms with Gasteiger partial charge in [-0.2, -0.15) is 0 Å². The van der Waals surface area contributed by atoms with Crippen molar-refractivity contribution in [3.05, 3.63) is 29.6 Å². The highest BCUT2D eigenvalue weighted by Gasteiger charge is 2.28. The second-order valence-corrected chi connectivity index (χ2v) is 5.72. The Hall–Kier alpha value is -2.09. The zero-order valence-electron chi connectivity index (χ0n) is 13.4. The summed E-state index contributed by atoms with van der Waals surface area (Å²) in [6, 6.07) is 1.67. The Morgan fingerprint density at radius 3 is 2.67 bits per heavy atom. The summed E-state index contributed by atoms with van der Waals surface area (Å²) < 4.78 is 39.7. The fourth-order valence-corrected chi connectivity index (χ4v) is 2.65. The molecule has 1 unspecified atom stereocenters. The monoisotopic (exact) mass is 343 g/mol. The van der Waals surface area contributed by atoms with Crippen molar-refractivity contribution >= 4 is 17.5 Å². The SMILES string of the molecule is CCCN(CC(=O)Nc1ccc(F)c(F)c1F)C(=O)C1CCNC1. The first kappa shape index (κ1) is 18.3. The molecule has 1 aromatic carbocycles. The minimum absolute atomic E-state index is 0.136. The molecule has 8 heteroatoms. The average Bonchev–Trinajstić information content (AvgIpc) is 3.09. The minimum Gasteiger partial charge on any atom is -0.333 e. The zero-order valence-corrected chi connectivity index (χ0v) is 13.4. The molecule has 0 saturated carbocycles. The standard InChI is InChI=1S/C16H20F3N3O2/c1-2-7-22(16(24)10-5-6-20-8-10)9-13(23)21-12-4-3-11(17)14(18)15(12)19/h3-4,10,20H,2,5-9H2,1H3,(H,21,23). The second kappa shape index (κ2) is 8.14. The molecule has 1 aliphatic rings. The highest BCUT2D eigenvalue weighted by atomic mass is 19.2. The molecule has 1 aliphatic heterocycles. The van der Waals surface area contributed by atoms with E-state index < -0.39 is 29.0 Å². The van der Waals surface area contributed by atoms with Crippen molar-refractivity contribution < 1.29 is 22.8 Å². The molecule has 1 heterocycles. The number of rotatable bonds is 6. The van der Waals surface area contributed by atoms with Gasteiger partial charge in [0.25, 0.3) is 0 Å². The van der Waals surface area contributed by atoms with Crippen molar-refractivity contribution in [1.29, 1.82) is 0 Å². The van der Waals surface area contributed by atoms with E-state index in [1.54, 1.807) is 0 Å². The molecule has 2 amide bonds. The number of halogens is 3. The summed E-state index contributed by atoms with van der Waals surface area (Å²) in [5.74, 6) is -5.41. The van der Waals surface area contributed by atoms with E-state index in [2.05, 4.69) is 10.6 Å². The van der Waals surface area contributed by atoms with Gasteiger partial charge in [0, 0.05) is 13.1 Å². The molecule has 5 nitrogen and oxygen atoms in total. The maximum Gasteiger partial charge on any atom is 0.244 e. The third-order valence-electron chi connectivity index (χ3n) is 3.86. The van der Waals surface area contributed by atoms with Crippen molar-refractivity contribution in [2.45, 2.75) is 19.8 Å². The van der Waals surface area contributed by atoms with E-state index in [1.807, 2.05) is 6.92 Å². The predicted octanol–water partition coefficient (Wildman–Crippen LogP) is 1.89. The molecular weight excluding hydrogens is 323 g/mol. The van der Waals surface area contributed by atoms with Crippen LogP contribution in [0.1, 0.15) is 19.8 Å². The first-order valence-electron chi connectivity index (χ1n) is 7.86. The minimum atomic E-state index is -1.65. The molecule has 0 radical (unpaired) electrons. The van der Waals surface area contributed by atoms with Crippen molar-refractivity contribution in [1.82, 2.24) is 10.2 Å². The molecule has 0 aliphatic carbocycles. The second-order valence-electron chi connectivity index (χ2n) is 5.72. The van der Waals surface area contributed by atoms with Crippen LogP contribution < -0.4 is 10.6 Å². The average molecular weight is 343 g/mol. The zero-order chi connectivity index (χ0) is 17.7. The smallest absolute Gasteiger partial charge is 0.244 e. The van der Waals surface area contributed by atoms with Crippen molar-refractivity contribution in [3.63, 3.8) is 0 Å². The van der Waals surface area contributed by atoms with Crippen LogP contribution >= 0.6 is 0 Å². The third kappa shape index (κ3) is 4.25. The van der Waals surface area contributed by atoms with E-state index in [1.165, 1.54) is 4.90 Å². The summed E-state index contributed by atoms with van der Waals surface area (Å²) in [7, 11) is 0. The molecule has 132 valence electrons. The number of nitrogens with zero attached hydrogens (tertiary/aromatic N) is 1. The van der Waals surface area contributed by atoms with Crippen molar-refractivity contribution in [3.8, 4) is 0 Å². The maximum atomic E-state index is 13.6. The topological polar surface area (TPSA) is 61.4 Å². The predicted molar refractivity (Wildman–Crippen MR) is 82.8 cm³/mol. The van der Waals surface area contributed by atoms with Crippen molar-refractivity contribution in [2.24, 2.45) is 5.92 Å². The Labute approximate surface area is 138 Å². The van der Waals surface area contributed by atoms with E-state index in [0.29, 0.717) is 25.9 Å². The number of hydrogen-bond acceptors (Lipinski definition) is 3.